The standard InChI is InChI=1S/C20H14BrN3O2S/c1-12-6-8-13(9-7-12)10-16-18(25)22-20-24(23-16)19(26)17(27-20)11-14-4-2-3-5-15(14)21/h2-9,11H,10H2,1H3. The number of benzene rings is 2. The van der Waals surface area contributed by atoms with Crippen LogP contribution in [0.3, 0.4) is 0 Å². The lowest BCUT2D eigenvalue weighted by Gasteiger charge is -2.01. The Balaban J connectivity index is 1.82. The van der Waals surface area contributed by atoms with E-state index in [1.165, 1.54) is 4.52 Å². The van der Waals surface area contributed by atoms with E-state index < -0.39 is 5.56 Å². The van der Waals surface area contributed by atoms with Crippen LogP contribution in [0.1, 0.15) is 22.4 Å². The summed E-state index contributed by atoms with van der Waals surface area (Å²) in [5.41, 5.74) is 2.56. The van der Waals surface area contributed by atoms with Crippen molar-refractivity contribution < 1.29 is 0 Å². The largest absolute Gasteiger partial charge is 0.296 e. The minimum Gasteiger partial charge on any atom is -0.266 e. The predicted molar refractivity (Wildman–Crippen MR) is 110 cm³/mol. The Morgan fingerprint density at radius 1 is 1.11 bits per heavy atom. The molecule has 0 fully saturated rings. The normalized spacial score (nSPS) is 12.0. The molecule has 0 saturated carbocycles. The second-order valence-corrected chi connectivity index (χ2v) is 8.02. The highest BCUT2D eigenvalue weighted by molar-refractivity contribution is 9.10. The number of hydrogen-bond donors (Lipinski definition) is 0. The van der Waals surface area contributed by atoms with Gasteiger partial charge < -0.3 is 0 Å². The summed E-state index contributed by atoms with van der Waals surface area (Å²) in [4.78, 5) is 29.4. The molecule has 4 aromatic rings. The molecule has 0 bridgehead atoms. The Morgan fingerprint density at radius 3 is 2.59 bits per heavy atom. The second-order valence-electron chi connectivity index (χ2n) is 6.16. The van der Waals surface area contributed by atoms with Crippen molar-refractivity contribution in [3.63, 3.8) is 0 Å². The molecular weight excluding hydrogens is 426 g/mol. The van der Waals surface area contributed by atoms with E-state index in [1.807, 2.05) is 55.5 Å². The summed E-state index contributed by atoms with van der Waals surface area (Å²) < 4.78 is 2.59. The van der Waals surface area contributed by atoms with Crippen LogP contribution in [0.2, 0.25) is 0 Å². The van der Waals surface area contributed by atoms with Gasteiger partial charge in [0.25, 0.3) is 11.1 Å². The molecule has 0 unspecified atom stereocenters. The van der Waals surface area contributed by atoms with Crippen LogP contribution < -0.4 is 15.7 Å². The molecule has 0 aliphatic carbocycles. The fourth-order valence-corrected chi connectivity index (χ4v) is 3.98. The molecule has 0 amide bonds. The van der Waals surface area contributed by atoms with Gasteiger partial charge >= 0.3 is 0 Å². The van der Waals surface area contributed by atoms with Crippen molar-refractivity contribution in [3.8, 4) is 0 Å². The van der Waals surface area contributed by atoms with Gasteiger partial charge in [0.05, 0.1) is 4.53 Å². The van der Waals surface area contributed by atoms with Crippen molar-refractivity contribution in [3.05, 3.63) is 101 Å². The molecule has 7 heteroatoms. The third-order valence-corrected chi connectivity index (χ3v) is 5.82. The molecule has 0 spiro atoms. The van der Waals surface area contributed by atoms with E-state index in [2.05, 4.69) is 26.0 Å². The first-order valence-electron chi connectivity index (χ1n) is 8.26. The Morgan fingerprint density at radius 2 is 1.85 bits per heavy atom. The van der Waals surface area contributed by atoms with Crippen molar-refractivity contribution in [1.82, 2.24) is 14.6 Å². The fourth-order valence-electron chi connectivity index (χ4n) is 2.68. The summed E-state index contributed by atoms with van der Waals surface area (Å²) in [6.45, 7) is 2.00. The molecule has 4 rings (SSSR count). The van der Waals surface area contributed by atoms with Gasteiger partial charge in [0.2, 0.25) is 4.96 Å². The molecule has 2 heterocycles. The van der Waals surface area contributed by atoms with Crippen LogP contribution in [0.15, 0.2) is 62.6 Å². The summed E-state index contributed by atoms with van der Waals surface area (Å²) in [6.07, 6.45) is 2.12. The number of rotatable bonds is 3. The molecule has 0 N–H and O–H groups in total. The lowest BCUT2D eigenvalue weighted by Crippen LogP contribution is -2.28. The van der Waals surface area contributed by atoms with E-state index in [1.54, 1.807) is 6.08 Å². The first-order valence-corrected chi connectivity index (χ1v) is 9.87. The number of halogens is 1. The van der Waals surface area contributed by atoms with Crippen molar-refractivity contribution in [1.29, 1.82) is 0 Å². The zero-order chi connectivity index (χ0) is 19.0. The molecular formula is C20H14BrN3O2S. The second kappa shape index (κ2) is 7.17. The van der Waals surface area contributed by atoms with E-state index in [4.69, 9.17) is 0 Å². The quantitative estimate of drug-likeness (QED) is 0.492. The Labute approximate surface area is 166 Å². The first-order chi connectivity index (χ1) is 13.0. The number of thiazole rings is 1. The number of hydrogen-bond acceptors (Lipinski definition) is 5. The van der Waals surface area contributed by atoms with Crippen molar-refractivity contribution >= 4 is 38.3 Å². The van der Waals surface area contributed by atoms with E-state index in [0.717, 1.165) is 32.5 Å². The number of nitrogens with zero attached hydrogens (tertiary/aromatic N) is 3. The summed E-state index contributed by atoms with van der Waals surface area (Å²) >= 11 is 4.63. The fraction of sp³-hybridized carbons (Fsp3) is 0.100. The van der Waals surface area contributed by atoms with Gasteiger partial charge in [-0.15, -0.1) is 0 Å². The smallest absolute Gasteiger partial charge is 0.266 e. The molecule has 0 atom stereocenters. The maximum atomic E-state index is 12.7. The van der Waals surface area contributed by atoms with Gasteiger partial charge in [-0.3, -0.25) is 9.59 Å². The van der Waals surface area contributed by atoms with Gasteiger partial charge in [-0.25, -0.2) is 0 Å². The van der Waals surface area contributed by atoms with Crippen LogP contribution in [0.4, 0.5) is 0 Å². The zero-order valence-electron chi connectivity index (χ0n) is 14.3. The van der Waals surface area contributed by atoms with E-state index in [0.29, 0.717) is 15.9 Å². The van der Waals surface area contributed by atoms with Crippen molar-refractivity contribution in [2.45, 2.75) is 13.3 Å². The Bertz CT molecular complexity index is 1310. The first kappa shape index (κ1) is 17.8. The molecule has 0 saturated heterocycles. The maximum absolute atomic E-state index is 12.7. The molecule has 2 aromatic heterocycles. The van der Waals surface area contributed by atoms with Gasteiger partial charge in [-0.2, -0.15) is 14.6 Å². The van der Waals surface area contributed by atoms with E-state index in [9.17, 15) is 9.59 Å². The number of fused-ring (bicyclic) bond motifs is 1. The third-order valence-electron chi connectivity index (χ3n) is 4.13. The summed E-state index contributed by atoms with van der Waals surface area (Å²) in [5, 5.41) is 4.28. The molecule has 2 aromatic carbocycles. The van der Waals surface area contributed by atoms with Gasteiger partial charge in [0.15, 0.2) is 0 Å². The van der Waals surface area contributed by atoms with E-state index >= 15 is 0 Å². The van der Waals surface area contributed by atoms with Gasteiger partial charge in [-0.1, -0.05) is 75.3 Å². The Hall–Kier alpha value is -2.64. The maximum Gasteiger partial charge on any atom is 0.296 e. The lowest BCUT2D eigenvalue weighted by molar-refractivity contribution is 0.811. The molecule has 134 valence electrons. The van der Waals surface area contributed by atoms with Crippen molar-refractivity contribution in [2.75, 3.05) is 0 Å². The summed E-state index contributed by atoms with van der Waals surface area (Å²) in [7, 11) is 0. The Kier molecular flexibility index (Phi) is 4.72. The van der Waals surface area contributed by atoms with Gasteiger partial charge in [0, 0.05) is 10.9 Å². The highest BCUT2D eigenvalue weighted by Gasteiger charge is 2.12. The number of aromatic nitrogens is 3. The molecule has 27 heavy (non-hydrogen) atoms. The lowest BCUT2D eigenvalue weighted by atomic mass is 10.1. The molecule has 0 aliphatic rings. The zero-order valence-corrected chi connectivity index (χ0v) is 16.8. The highest BCUT2D eigenvalue weighted by atomic mass is 79.9. The van der Waals surface area contributed by atoms with Gasteiger partial charge in [-0.05, 0) is 30.2 Å². The third kappa shape index (κ3) is 3.61. The minimum atomic E-state index is -0.399. The molecule has 0 radical (unpaired) electrons. The SMILES string of the molecule is Cc1ccc(Cc2nn3c(=O)c(=Cc4ccccc4Br)sc3nc2=O)cc1. The topological polar surface area (TPSA) is 64.3 Å². The van der Waals surface area contributed by atoms with E-state index in [-0.39, 0.29) is 11.3 Å². The molecule has 0 aliphatic heterocycles. The minimum absolute atomic E-state index is 0.263. The van der Waals surface area contributed by atoms with Crippen LogP contribution in [0.25, 0.3) is 11.0 Å². The van der Waals surface area contributed by atoms with Gasteiger partial charge in [0.1, 0.15) is 5.69 Å². The van der Waals surface area contributed by atoms with Crippen LogP contribution in [-0.4, -0.2) is 14.6 Å². The monoisotopic (exact) mass is 439 g/mol. The van der Waals surface area contributed by atoms with Crippen LogP contribution in [0, 0.1) is 6.92 Å². The van der Waals surface area contributed by atoms with Crippen LogP contribution in [-0.2, 0) is 6.42 Å². The summed E-state index contributed by atoms with van der Waals surface area (Å²) in [5.74, 6) is 0. The predicted octanol–water partition coefficient (Wildman–Crippen LogP) is 2.72. The average molecular weight is 440 g/mol. The average Bonchev–Trinajstić information content (AvgIpc) is 2.94. The van der Waals surface area contributed by atoms with Crippen LogP contribution >= 0.6 is 27.3 Å². The summed E-state index contributed by atoms with van der Waals surface area (Å²) in [6, 6.07) is 15.5. The highest BCUT2D eigenvalue weighted by Crippen LogP contribution is 2.16. The number of aryl methyl sites for hydroxylation is 1. The molecule has 5 nitrogen and oxygen atoms in total. The van der Waals surface area contributed by atoms with Crippen LogP contribution in [0.5, 0.6) is 0 Å². The van der Waals surface area contributed by atoms with Crippen molar-refractivity contribution in [2.24, 2.45) is 0 Å².